The number of fused-ring (bicyclic) bond motifs is 1. The van der Waals surface area contributed by atoms with Crippen molar-refractivity contribution in [3.63, 3.8) is 0 Å². The van der Waals surface area contributed by atoms with Gasteiger partial charge in [-0.2, -0.15) is 5.10 Å². The van der Waals surface area contributed by atoms with Gasteiger partial charge in [-0.05, 0) is 68.1 Å². The van der Waals surface area contributed by atoms with E-state index >= 15 is 0 Å². The highest BCUT2D eigenvalue weighted by molar-refractivity contribution is 5.83. The first-order valence-corrected chi connectivity index (χ1v) is 9.69. The van der Waals surface area contributed by atoms with Crippen LogP contribution in [0.2, 0.25) is 0 Å². The van der Waals surface area contributed by atoms with Gasteiger partial charge in [0.05, 0.1) is 5.52 Å². The van der Waals surface area contributed by atoms with Crippen LogP contribution in [-0.2, 0) is 11.2 Å². The van der Waals surface area contributed by atoms with Crippen LogP contribution in [0.15, 0.2) is 30.3 Å². The highest BCUT2D eigenvalue weighted by atomic mass is 16.5. The Hall–Kier alpha value is -3.02. The van der Waals surface area contributed by atoms with Crippen LogP contribution in [0.4, 0.5) is 5.69 Å². The van der Waals surface area contributed by atoms with Gasteiger partial charge in [-0.1, -0.05) is 19.8 Å². The van der Waals surface area contributed by atoms with Crippen molar-refractivity contribution in [1.29, 1.82) is 0 Å². The van der Waals surface area contributed by atoms with Crippen LogP contribution in [0.5, 0.6) is 11.5 Å². The van der Waals surface area contributed by atoms with Crippen LogP contribution >= 0.6 is 0 Å². The number of carboxylic acids is 1. The Labute approximate surface area is 164 Å². The fraction of sp³-hybridized carbons (Fsp3) is 0.364. The predicted molar refractivity (Wildman–Crippen MR) is 111 cm³/mol. The van der Waals surface area contributed by atoms with Gasteiger partial charge in [-0.25, -0.2) is 0 Å². The number of anilines is 1. The van der Waals surface area contributed by atoms with Gasteiger partial charge in [-0.15, -0.1) is 0 Å². The number of carboxylic acid groups (broad SMARTS) is 1. The molecule has 148 valence electrons. The molecule has 6 nitrogen and oxygen atoms in total. The van der Waals surface area contributed by atoms with E-state index < -0.39 is 5.97 Å². The first-order valence-electron chi connectivity index (χ1n) is 9.69. The van der Waals surface area contributed by atoms with Crippen LogP contribution in [0, 0.1) is 13.8 Å². The highest BCUT2D eigenvalue weighted by Crippen LogP contribution is 2.33. The zero-order valence-electron chi connectivity index (χ0n) is 16.6. The topological polar surface area (TPSA) is 87.2 Å². The van der Waals surface area contributed by atoms with Crippen molar-refractivity contribution in [2.24, 2.45) is 0 Å². The molecule has 0 fully saturated rings. The number of ether oxygens (including phenoxy) is 1. The van der Waals surface area contributed by atoms with Crippen molar-refractivity contribution in [2.45, 2.75) is 46.5 Å². The normalized spacial score (nSPS) is 11.0. The van der Waals surface area contributed by atoms with Crippen molar-refractivity contribution in [1.82, 2.24) is 10.2 Å². The van der Waals surface area contributed by atoms with Gasteiger partial charge in [-0.3, -0.25) is 9.89 Å². The summed E-state index contributed by atoms with van der Waals surface area (Å²) in [5.41, 5.74) is 4.76. The average Bonchev–Trinajstić information content (AvgIpc) is 3.05. The molecule has 0 amide bonds. The third kappa shape index (κ3) is 4.63. The maximum absolute atomic E-state index is 10.8. The van der Waals surface area contributed by atoms with Gasteiger partial charge in [0.15, 0.2) is 0 Å². The third-order valence-electron chi connectivity index (χ3n) is 4.76. The largest absolute Gasteiger partial charge is 0.480 e. The predicted octanol–water partition coefficient (Wildman–Crippen LogP) is 5.20. The molecule has 0 spiro atoms. The number of aromatic amines is 1. The van der Waals surface area contributed by atoms with Gasteiger partial charge in [0.25, 0.3) is 0 Å². The number of rotatable bonds is 9. The Kier molecular flexibility index (Phi) is 6.19. The molecule has 1 aromatic heterocycles. The fourth-order valence-corrected chi connectivity index (χ4v) is 3.36. The molecule has 0 aliphatic rings. The first-order chi connectivity index (χ1) is 13.5. The molecule has 1 heterocycles. The maximum Gasteiger partial charge on any atom is 0.322 e. The second-order valence-corrected chi connectivity index (χ2v) is 7.13. The smallest absolute Gasteiger partial charge is 0.322 e. The highest BCUT2D eigenvalue weighted by Gasteiger charge is 2.11. The molecule has 3 N–H and O–H groups in total. The monoisotopic (exact) mass is 381 g/mol. The lowest BCUT2D eigenvalue weighted by Gasteiger charge is -2.14. The number of unbranched alkanes of at least 4 members (excludes halogenated alkanes) is 2. The molecule has 0 aliphatic carbocycles. The number of carbonyl (C=O) groups is 1. The molecule has 0 saturated heterocycles. The molecule has 28 heavy (non-hydrogen) atoms. The van der Waals surface area contributed by atoms with Crippen molar-refractivity contribution in [2.75, 3.05) is 11.9 Å². The molecule has 0 bridgehead atoms. The molecule has 0 atom stereocenters. The summed E-state index contributed by atoms with van der Waals surface area (Å²) in [4.78, 5) is 10.8. The standard InChI is InChI=1S/C22H27N3O3/c1-4-5-6-7-19-18-12-17(8-9-20(18)25-24-19)28-22-14(2)10-16(11-15(22)3)23-13-21(26)27/h8-12,23H,4-7,13H2,1-3H3,(H,24,25)(H,26,27). The third-order valence-corrected chi connectivity index (χ3v) is 4.76. The zero-order valence-corrected chi connectivity index (χ0v) is 16.6. The van der Waals surface area contributed by atoms with Crippen LogP contribution in [0.25, 0.3) is 10.9 Å². The Balaban J connectivity index is 1.81. The molecular formula is C22H27N3O3. The minimum Gasteiger partial charge on any atom is -0.480 e. The van der Waals surface area contributed by atoms with E-state index in [4.69, 9.17) is 9.84 Å². The summed E-state index contributed by atoms with van der Waals surface area (Å²) in [6, 6.07) is 9.73. The number of hydrogen-bond donors (Lipinski definition) is 3. The number of nitrogens with zero attached hydrogens (tertiary/aromatic N) is 1. The second kappa shape index (κ2) is 8.78. The lowest BCUT2D eigenvalue weighted by molar-refractivity contribution is -0.134. The number of benzene rings is 2. The van der Waals surface area contributed by atoms with Crippen LogP contribution in [0.1, 0.15) is 43.0 Å². The molecule has 0 saturated carbocycles. The average molecular weight is 381 g/mol. The van der Waals surface area contributed by atoms with Gasteiger partial charge >= 0.3 is 5.97 Å². The van der Waals surface area contributed by atoms with Crippen molar-refractivity contribution in [3.05, 3.63) is 47.2 Å². The maximum atomic E-state index is 10.8. The first kappa shape index (κ1) is 19.7. The summed E-state index contributed by atoms with van der Waals surface area (Å²) in [6.45, 7) is 6.00. The van der Waals surface area contributed by atoms with Crippen molar-refractivity contribution < 1.29 is 14.6 Å². The number of nitrogens with one attached hydrogen (secondary N) is 2. The van der Waals surface area contributed by atoms with E-state index in [1.54, 1.807) is 0 Å². The van der Waals surface area contributed by atoms with Gasteiger partial charge < -0.3 is 15.2 Å². The Morgan fingerprint density at radius 1 is 1.18 bits per heavy atom. The molecular weight excluding hydrogens is 354 g/mol. The van der Waals surface area contributed by atoms with E-state index in [-0.39, 0.29) is 6.54 Å². The molecule has 0 radical (unpaired) electrons. The SMILES string of the molecule is CCCCCc1[nH]nc2ccc(Oc3c(C)cc(NCC(=O)O)cc3C)cc12. The minimum atomic E-state index is -0.890. The van der Waals surface area contributed by atoms with Crippen LogP contribution in [-0.4, -0.2) is 27.8 Å². The Bertz CT molecular complexity index is 955. The molecule has 3 aromatic rings. The molecule has 0 aliphatic heterocycles. The summed E-state index contributed by atoms with van der Waals surface area (Å²) in [6.07, 6.45) is 4.52. The van der Waals surface area contributed by atoms with E-state index in [2.05, 4.69) is 22.4 Å². The number of aryl methyl sites for hydroxylation is 3. The summed E-state index contributed by atoms with van der Waals surface area (Å²) in [5.74, 6) is 0.665. The van der Waals surface area contributed by atoms with Crippen LogP contribution in [0.3, 0.4) is 0 Å². The number of H-pyrrole nitrogens is 1. The summed E-state index contributed by atoms with van der Waals surface area (Å²) < 4.78 is 6.19. The minimum absolute atomic E-state index is 0.114. The van der Waals surface area contributed by atoms with Crippen molar-refractivity contribution in [3.8, 4) is 11.5 Å². The van der Waals surface area contributed by atoms with Gasteiger partial charge in [0, 0.05) is 16.8 Å². The van der Waals surface area contributed by atoms with E-state index in [0.717, 1.165) is 57.8 Å². The molecule has 2 aromatic carbocycles. The van der Waals surface area contributed by atoms with E-state index in [1.165, 1.54) is 12.8 Å². The molecule has 3 rings (SSSR count). The van der Waals surface area contributed by atoms with E-state index in [9.17, 15) is 4.79 Å². The van der Waals surface area contributed by atoms with Crippen molar-refractivity contribution >= 4 is 22.6 Å². The zero-order chi connectivity index (χ0) is 20.1. The Morgan fingerprint density at radius 3 is 2.61 bits per heavy atom. The molecule has 0 unspecified atom stereocenters. The second-order valence-electron chi connectivity index (χ2n) is 7.13. The molecule has 6 heteroatoms. The quantitative estimate of drug-likeness (QED) is 0.443. The summed E-state index contributed by atoms with van der Waals surface area (Å²) >= 11 is 0. The summed E-state index contributed by atoms with van der Waals surface area (Å²) in [5, 5.41) is 20.4. The van der Waals surface area contributed by atoms with Gasteiger partial charge in [0.2, 0.25) is 0 Å². The van der Waals surface area contributed by atoms with E-state index in [0.29, 0.717) is 0 Å². The summed E-state index contributed by atoms with van der Waals surface area (Å²) in [7, 11) is 0. The van der Waals surface area contributed by atoms with Gasteiger partial charge in [0.1, 0.15) is 18.0 Å². The number of aliphatic carboxylic acids is 1. The lowest BCUT2D eigenvalue weighted by atomic mass is 10.1. The fourth-order valence-electron chi connectivity index (χ4n) is 3.36. The Morgan fingerprint density at radius 2 is 1.93 bits per heavy atom. The van der Waals surface area contributed by atoms with Crippen LogP contribution < -0.4 is 10.1 Å². The van der Waals surface area contributed by atoms with E-state index in [1.807, 2.05) is 44.2 Å². The number of hydrogen-bond acceptors (Lipinski definition) is 4. The lowest BCUT2D eigenvalue weighted by Crippen LogP contribution is -2.12. The number of aromatic nitrogens is 2.